The van der Waals surface area contributed by atoms with Crippen molar-refractivity contribution in [1.29, 1.82) is 0 Å². The number of anilines is 1. The largest absolute Gasteiger partial charge is 0.356 e. The molecular formula is C16H20N6. The Hall–Kier alpha value is -2.08. The Balaban J connectivity index is 1.40. The van der Waals surface area contributed by atoms with Gasteiger partial charge in [-0.05, 0) is 18.8 Å². The molecular weight excluding hydrogens is 276 g/mol. The highest BCUT2D eigenvalue weighted by Gasteiger charge is 2.40. The molecule has 0 aromatic carbocycles. The first-order valence-electron chi connectivity index (χ1n) is 7.77. The Morgan fingerprint density at radius 2 is 1.64 bits per heavy atom. The molecule has 2 saturated heterocycles. The maximum Gasteiger partial charge on any atom is 0.134 e. The minimum absolute atomic E-state index is 0.735. The lowest BCUT2D eigenvalue weighted by molar-refractivity contribution is 0.308. The Bertz CT molecular complexity index is 632. The molecule has 4 heterocycles. The summed E-state index contributed by atoms with van der Waals surface area (Å²) in [6.45, 7) is 7.56. The van der Waals surface area contributed by atoms with Crippen molar-refractivity contribution in [2.75, 3.05) is 31.1 Å². The van der Waals surface area contributed by atoms with E-state index in [0.717, 1.165) is 50.4 Å². The zero-order valence-corrected chi connectivity index (χ0v) is 12.8. The fourth-order valence-electron chi connectivity index (χ4n) is 3.79. The first-order chi connectivity index (χ1) is 10.8. The fraction of sp³-hybridized carbons (Fsp3) is 0.500. The predicted octanol–water partition coefficient (Wildman–Crippen LogP) is 1.14. The van der Waals surface area contributed by atoms with Crippen LogP contribution in [0, 0.1) is 18.8 Å². The third kappa shape index (κ3) is 2.54. The first kappa shape index (κ1) is 13.6. The van der Waals surface area contributed by atoms with Crippen molar-refractivity contribution in [3.05, 3.63) is 42.4 Å². The molecule has 2 aliphatic heterocycles. The van der Waals surface area contributed by atoms with Crippen molar-refractivity contribution in [3.8, 4) is 0 Å². The van der Waals surface area contributed by atoms with Gasteiger partial charge in [0.05, 0.1) is 0 Å². The van der Waals surface area contributed by atoms with Gasteiger partial charge in [-0.3, -0.25) is 4.90 Å². The molecule has 2 aromatic rings. The molecule has 2 fully saturated rings. The minimum atomic E-state index is 0.735. The van der Waals surface area contributed by atoms with Gasteiger partial charge in [0.2, 0.25) is 0 Å². The fourth-order valence-corrected chi connectivity index (χ4v) is 3.79. The van der Waals surface area contributed by atoms with Crippen molar-refractivity contribution >= 4 is 5.82 Å². The van der Waals surface area contributed by atoms with Crippen LogP contribution < -0.4 is 4.90 Å². The number of aromatic nitrogens is 4. The summed E-state index contributed by atoms with van der Waals surface area (Å²) < 4.78 is 0. The Labute approximate surface area is 130 Å². The number of fused-ring (bicyclic) bond motifs is 1. The lowest BCUT2D eigenvalue weighted by Gasteiger charge is -2.23. The van der Waals surface area contributed by atoms with Crippen LogP contribution in [-0.4, -0.2) is 51.0 Å². The second-order valence-corrected chi connectivity index (χ2v) is 6.40. The van der Waals surface area contributed by atoms with Crippen LogP contribution in [0.15, 0.2) is 31.2 Å². The summed E-state index contributed by atoms with van der Waals surface area (Å²) in [5, 5.41) is 0. The van der Waals surface area contributed by atoms with Gasteiger partial charge >= 0.3 is 0 Å². The Morgan fingerprint density at radius 1 is 0.955 bits per heavy atom. The highest BCUT2D eigenvalue weighted by atomic mass is 15.3. The summed E-state index contributed by atoms with van der Waals surface area (Å²) in [6, 6.07) is 0. The van der Waals surface area contributed by atoms with Crippen molar-refractivity contribution in [3.63, 3.8) is 0 Å². The predicted molar refractivity (Wildman–Crippen MR) is 83.3 cm³/mol. The van der Waals surface area contributed by atoms with E-state index in [1.165, 1.54) is 11.1 Å². The second kappa shape index (κ2) is 5.61. The molecule has 2 unspecified atom stereocenters. The van der Waals surface area contributed by atoms with E-state index in [1.807, 2.05) is 18.6 Å². The molecule has 22 heavy (non-hydrogen) atoms. The Kier molecular flexibility index (Phi) is 3.46. The van der Waals surface area contributed by atoms with Crippen LogP contribution in [0.25, 0.3) is 0 Å². The van der Waals surface area contributed by atoms with Crippen molar-refractivity contribution in [2.45, 2.75) is 13.5 Å². The van der Waals surface area contributed by atoms with E-state index in [-0.39, 0.29) is 0 Å². The van der Waals surface area contributed by atoms with E-state index >= 15 is 0 Å². The molecule has 0 aliphatic carbocycles. The standard InChI is InChI=1S/C16H20N6/c1-12-2-17-11-20-16(12)22-8-14-6-21(7-15(14)9-22)5-13-3-18-10-19-4-13/h2-4,10-11,14-15H,5-9H2,1H3. The maximum atomic E-state index is 4.46. The smallest absolute Gasteiger partial charge is 0.134 e. The third-order valence-electron chi connectivity index (χ3n) is 4.75. The first-order valence-corrected chi connectivity index (χ1v) is 7.77. The summed E-state index contributed by atoms with van der Waals surface area (Å²) in [5.74, 6) is 2.57. The van der Waals surface area contributed by atoms with Crippen molar-refractivity contribution < 1.29 is 0 Å². The third-order valence-corrected chi connectivity index (χ3v) is 4.75. The van der Waals surface area contributed by atoms with Crippen LogP contribution in [-0.2, 0) is 6.54 Å². The van der Waals surface area contributed by atoms with E-state index in [2.05, 4.69) is 36.7 Å². The van der Waals surface area contributed by atoms with E-state index < -0.39 is 0 Å². The quantitative estimate of drug-likeness (QED) is 0.846. The van der Waals surface area contributed by atoms with Crippen LogP contribution in [0.3, 0.4) is 0 Å². The van der Waals surface area contributed by atoms with Gasteiger partial charge in [-0.1, -0.05) is 0 Å². The number of likely N-dealkylation sites (tertiary alicyclic amines) is 1. The van der Waals surface area contributed by atoms with E-state index in [1.54, 1.807) is 12.7 Å². The van der Waals surface area contributed by atoms with Crippen LogP contribution in [0.4, 0.5) is 5.82 Å². The van der Waals surface area contributed by atoms with Gasteiger partial charge in [0.25, 0.3) is 0 Å². The molecule has 0 N–H and O–H groups in total. The van der Waals surface area contributed by atoms with Gasteiger partial charge < -0.3 is 4.90 Å². The van der Waals surface area contributed by atoms with Crippen LogP contribution in [0.1, 0.15) is 11.1 Å². The van der Waals surface area contributed by atoms with Gasteiger partial charge in [0.15, 0.2) is 0 Å². The topological polar surface area (TPSA) is 58.0 Å². The van der Waals surface area contributed by atoms with Crippen LogP contribution in [0.2, 0.25) is 0 Å². The highest BCUT2D eigenvalue weighted by Crippen LogP contribution is 2.34. The van der Waals surface area contributed by atoms with Crippen molar-refractivity contribution in [1.82, 2.24) is 24.8 Å². The molecule has 6 nitrogen and oxygen atoms in total. The number of rotatable bonds is 3. The number of hydrogen-bond acceptors (Lipinski definition) is 6. The van der Waals surface area contributed by atoms with Gasteiger partial charge in [0.1, 0.15) is 18.5 Å². The maximum absolute atomic E-state index is 4.46. The minimum Gasteiger partial charge on any atom is -0.356 e. The molecule has 2 aromatic heterocycles. The monoisotopic (exact) mass is 296 g/mol. The zero-order valence-electron chi connectivity index (χ0n) is 12.8. The summed E-state index contributed by atoms with van der Waals surface area (Å²) in [7, 11) is 0. The summed E-state index contributed by atoms with van der Waals surface area (Å²) >= 11 is 0. The molecule has 0 amide bonds. The molecule has 4 rings (SSSR count). The van der Waals surface area contributed by atoms with Crippen molar-refractivity contribution in [2.24, 2.45) is 11.8 Å². The van der Waals surface area contributed by atoms with Gasteiger partial charge in [-0.2, -0.15) is 0 Å². The average molecular weight is 296 g/mol. The summed E-state index contributed by atoms with van der Waals surface area (Å²) in [4.78, 5) is 21.7. The lowest BCUT2D eigenvalue weighted by Crippen LogP contribution is -2.29. The SMILES string of the molecule is Cc1cncnc1N1CC2CN(Cc3cncnc3)CC2C1. The van der Waals surface area contributed by atoms with E-state index in [4.69, 9.17) is 0 Å². The van der Waals surface area contributed by atoms with E-state index in [9.17, 15) is 0 Å². The molecule has 114 valence electrons. The molecule has 0 saturated carbocycles. The molecule has 0 bridgehead atoms. The summed E-state index contributed by atoms with van der Waals surface area (Å²) in [5.41, 5.74) is 2.37. The van der Waals surface area contributed by atoms with Gasteiger partial charge in [0, 0.05) is 62.4 Å². The molecule has 0 radical (unpaired) electrons. The van der Waals surface area contributed by atoms with Gasteiger partial charge in [-0.15, -0.1) is 0 Å². The van der Waals surface area contributed by atoms with Gasteiger partial charge in [-0.25, -0.2) is 19.9 Å². The summed E-state index contributed by atoms with van der Waals surface area (Å²) in [6.07, 6.45) is 8.97. The molecule has 2 aliphatic rings. The second-order valence-electron chi connectivity index (χ2n) is 6.40. The number of nitrogens with zero attached hydrogens (tertiary/aromatic N) is 6. The zero-order chi connectivity index (χ0) is 14.9. The van der Waals surface area contributed by atoms with E-state index in [0.29, 0.717) is 0 Å². The average Bonchev–Trinajstić information content (AvgIpc) is 3.07. The molecule has 0 spiro atoms. The normalized spacial score (nSPS) is 24.7. The highest BCUT2D eigenvalue weighted by molar-refractivity contribution is 5.46. The number of hydrogen-bond donors (Lipinski definition) is 0. The molecule has 2 atom stereocenters. The van der Waals surface area contributed by atoms with Crippen LogP contribution in [0.5, 0.6) is 0 Å². The lowest BCUT2D eigenvalue weighted by atomic mass is 10.0. The molecule has 6 heteroatoms. The van der Waals surface area contributed by atoms with Crippen LogP contribution >= 0.6 is 0 Å². The Morgan fingerprint density at radius 3 is 2.32 bits per heavy atom. The number of aryl methyl sites for hydroxylation is 1.